The molecule has 1 unspecified atom stereocenters. The van der Waals surface area contributed by atoms with Gasteiger partial charge in [0.15, 0.2) is 5.82 Å². The molecule has 0 amide bonds. The minimum atomic E-state index is -0.194. The number of rotatable bonds is 3. The molecule has 1 aliphatic heterocycles. The molecule has 1 aliphatic carbocycles. The molecule has 2 aliphatic rings. The number of thiophene rings is 1. The summed E-state index contributed by atoms with van der Waals surface area (Å²) < 4.78 is 3.85. The smallest absolute Gasteiger partial charge is 0.161 e. The minimum absolute atomic E-state index is 0.194. The number of hydrogen-bond donors (Lipinski definition) is 0. The molecule has 264 valence electrons. The molecule has 55 heavy (non-hydrogen) atoms. The monoisotopic (exact) mass is 725 g/mol. The van der Waals surface area contributed by atoms with Crippen LogP contribution in [0, 0.1) is 5.92 Å². The average Bonchev–Trinajstić information content (AvgIpc) is 3.74. The van der Waals surface area contributed by atoms with E-state index < -0.39 is 0 Å². The van der Waals surface area contributed by atoms with Gasteiger partial charge in [0.05, 0.1) is 22.4 Å². The van der Waals surface area contributed by atoms with Crippen molar-refractivity contribution in [2.45, 2.75) is 26.2 Å². The summed E-state index contributed by atoms with van der Waals surface area (Å²) in [7, 11) is 0. The fourth-order valence-corrected chi connectivity index (χ4v) is 9.68. The first-order valence-electron chi connectivity index (χ1n) is 18.9. The Balaban J connectivity index is 1.11. The quantitative estimate of drug-likeness (QED) is 0.182. The number of allylic oxidation sites excluding steroid dienone is 10. The lowest BCUT2D eigenvalue weighted by molar-refractivity contribution is 0.630. The molecule has 0 saturated heterocycles. The van der Waals surface area contributed by atoms with E-state index in [1.165, 1.54) is 53.6 Å². The molecule has 0 radical (unpaired) electrons. The van der Waals surface area contributed by atoms with Gasteiger partial charge in [0, 0.05) is 42.8 Å². The molecule has 4 heteroatoms. The summed E-state index contributed by atoms with van der Waals surface area (Å²) in [4.78, 5) is 11.7. The van der Waals surface area contributed by atoms with Gasteiger partial charge >= 0.3 is 0 Å². The molecule has 5 aromatic carbocycles. The van der Waals surface area contributed by atoms with Crippen molar-refractivity contribution in [2.24, 2.45) is 5.92 Å². The van der Waals surface area contributed by atoms with Gasteiger partial charge in [-0.15, -0.1) is 11.3 Å². The van der Waals surface area contributed by atoms with Crippen molar-refractivity contribution in [3.63, 3.8) is 0 Å². The molecule has 0 bridgehead atoms. The largest absolute Gasteiger partial charge is 0.300 e. The van der Waals surface area contributed by atoms with Gasteiger partial charge in [0.25, 0.3) is 0 Å². The van der Waals surface area contributed by atoms with E-state index in [2.05, 4.69) is 166 Å². The third-order valence-electron chi connectivity index (χ3n) is 11.3. The van der Waals surface area contributed by atoms with Gasteiger partial charge < -0.3 is 4.57 Å². The Kier molecular flexibility index (Phi) is 7.62. The first-order chi connectivity index (χ1) is 26.8. The molecule has 0 fully saturated rings. The fraction of sp³-hybridized carbons (Fsp3) is 0.0980. The van der Waals surface area contributed by atoms with E-state index in [0.29, 0.717) is 5.82 Å². The number of para-hydroxylation sites is 2. The van der Waals surface area contributed by atoms with Gasteiger partial charge in [0.2, 0.25) is 0 Å². The van der Waals surface area contributed by atoms with Crippen molar-refractivity contribution in [1.29, 1.82) is 0 Å². The van der Waals surface area contributed by atoms with Crippen LogP contribution in [0.15, 0.2) is 176 Å². The molecule has 10 rings (SSSR count). The molecule has 3 aromatic heterocycles. The van der Waals surface area contributed by atoms with E-state index in [1.54, 1.807) is 0 Å². The van der Waals surface area contributed by atoms with Gasteiger partial charge in [-0.3, -0.25) is 0 Å². The molecular formula is C51H39N3S. The van der Waals surface area contributed by atoms with Gasteiger partial charge in [-0.2, -0.15) is 0 Å². The highest BCUT2D eigenvalue weighted by molar-refractivity contribution is 7.25. The van der Waals surface area contributed by atoms with Gasteiger partial charge in [-0.05, 0) is 69.6 Å². The Morgan fingerprint density at radius 1 is 0.691 bits per heavy atom. The van der Waals surface area contributed by atoms with Crippen LogP contribution in [0.1, 0.15) is 37.7 Å². The molecular weight excluding hydrogens is 687 g/mol. The fourth-order valence-electron chi connectivity index (χ4n) is 8.44. The first kappa shape index (κ1) is 33.2. The molecule has 3 nitrogen and oxygen atoms in total. The van der Waals surface area contributed by atoms with E-state index in [0.717, 1.165) is 44.4 Å². The lowest BCUT2D eigenvalue weighted by atomic mass is 9.74. The zero-order valence-corrected chi connectivity index (χ0v) is 32.0. The zero-order valence-electron chi connectivity index (χ0n) is 31.2. The van der Waals surface area contributed by atoms with Crippen LogP contribution in [0.4, 0.5) is 0 Å². The van der Waals surface area contributed by atoms with Gasteiger partial charge in [0.1, 0.15) is 4.83 Å². The predicted octanol–water partition coefficient (Wildman–Crippen LogP) is 13.7. The maximum Gasteiger partial charge on any atom is 0.161 e. The summed E-state index contributed by atoms with van der Waals surface area (Å²) >= 11 is 1.89. The van der Waals surface area contributed by atoms with Crippen LogP contribution >= 0.6 is 11.3 Å². The van der Waals surface area contributed by atoms with Crippen LogP contribution in [0.5, 0.6) is 0 Å². The average molecular weight is 726 g/mol. The molecule has 0 N–H and O–H groups in total. The molecule has 0 spiro atoms. The maximum atomic E-state index is 5.30. The Morgan fingerprint density at radius 3 is 2.33 bits per heavy atom. The zero-order chi connectivity index (χ0) is 37.4. The summed E-state index contributed by atoms with van der Waals surface area (Å²) in [6, 6.07) is 39.8. The van der Waals surface area contributed by atoms with Crippen LogP contribution in [0.25, 0.3) is 75.8 Å². The van der Waals surface area contributed by atoms with Gasteiger partial charge in [-0.25, -0.2) is 9.97 Å². The highest BCUT2D eigenvalue weighted by atomic mass is 32.1. The molecule has 8 aromatic rings. The molecule has 4 heterocycles. The SMILES string of the molecule is C=C1/C=C\C=C(\c2nc(-c3cccc(-c4ccc5c(c4)C(C)(C)c4cccc6c7c8ccccc8sc7n-5c46)c3)c3ccccc3n2)C(=C)/C=C\C(C)/C=C\1. The van der Waals surface area contributed by atoms with Crippen LogP contribution in [0.2, 0.25) is 0 Å². The van der Waals surface area contributed by atoms with Crippen molar-refractivity contribution >= 4 is 59.0 Å². The third kappa shape index (κ3) is 5.32. The highest BCUT2D eigenvalue weighted by Gasteiger charge is 2.36. The van der Waals surface area contributed by atoms with Crippen LogP contribution < -0.4 is 0 Å². The third-order valence-corrected chi connectivity index (χ3v) is 12.5. The first-order valence-corrected chi connectivity index (χ1v) is 19.7. The lowest BCUT2D eigenvalue weighted by Crippen LogP contribution is -2.26. The van der Waals surface area contributed by atoms with Crippen molar-refractivity contribution in [3.05, 3.63) is 193 Å². The Morgan fingerprint density at radius 2 is 1.44 bits per heavy atom. The minimum Gasteiger partial charge on any atom is -0.300 e. The van der Waals surface area contributed by atoms with E-state index >= 15 is 0 Å². The number of hydrogen-bond acceptors (Lipinski definition) is 3. The predicted molar refractivity (Wildman–Crippen MR) is 235 cm³/mol. The van der Waals surface area contributed by atoms with Crippen molar-refractivity contribution in [1.82, 2.24) is 14.5 Å². The van der Waals surface area contributed by atoms with E-state index in [1.807, 2.05) is 35.6 Å². The Labute approximate surface area is 325 Å². The van der Waals surface area contributed by atoms with Crippen LogP contribution in [-0.4, -0.2) is 14.5 Å². The van der Waals surface area contributed by atoms with Gasteiger partial charge in [-0.1, -0.05) is 155 Å². The second-order valence-corrected chi connectivity index (χ2v) is 16.3. The number of fused-ring (bicyclic) bond motifs is 8. The van der Waals surface area contributed by atoms with Crippen molar-refractivity contribution in [3.8, 4) is 28.1 Å². The topological polar surface area (TPSA) is 30.7 Å². The Hall–Kier alpha value is -6.36. The summed E-state index contributed by atoms with van der Waals surface area (Å²) in [5.41, 5.74) is 12.9. The second-order valence-electron chi connectivity index (χ2n) is 15.3. The summed E-state index contributed by atoms with van der Waals surface area (Å²) in [6.07, 6.45) is 14.5. The maximum absolute atomic E-state index is 5.30. The summed E-state index contributed by atoms with van der Waals surface area (Å²) in [5.74, 6) is 0.880. The summed E-state index contributed by atoms with van der Waals surface area (Å²) in [5, 5.41) is 5.04. The van der Waals surface area contributed by atoms with Crippen molar-refractivity contribution < 1.29 is 0 Å². The van der Waals surface area contributed by atoms with E-state index in [-0.39, 0.29) is 11.3 Å². The Bertz CT molecular complexity index is 3070. The lowest BCUT2D eigenvalue weighted by Gasteiger charge is -2.35. The van der Waals surface area contributed by atoms with E-state index in [4.69, 9.17) is 9.97 Å². The standard InChI is InChI=1S/C51H39N3S/c1-31-13-10-18-37(33(3)26-25-32(2)24-23-31)49-52-43-21-8-6-16-38(43)47(53-49)36-15-11-14-34(29-36)35-27-28-44-42(30-35)51(4,5)41-20-12-19-40-46-39-17-7-9-22-45(39)55-50(46)54(44)48(40)41/h6-30,32H,1,3H2,2,4-5H3/b13-10-,24-23-,26-25-,37-18+. The number of nitrogens with zero attached hydrogens (tertiary/aromatic N) is 3. The van der Waals surface area contributed by atoms with Crippen LogP contribution in [-0.2, 0) is 5.41 Å². The van der Waals surface area contributed by atoms with E-state index in [9.17, 15) is 0 Å². The normalized spacial score (nSPS) is 19.3. The number of aromatic nitrogens is 3. The second kappa shape index (κ2) is 12.6. The number of benzene rings is 5. The van der Waals surface area contributed by atoms with Crippen molar-refractivity contribution in [2.75, 3.05) is 0 Å². The molecule has 1 atom stereocenters. The highest BCUT2D eigenvalue weighted by Crippen LogP contribution is 2.51. The molecule has 0 saturated carbocycles. The summed E-state index contributed by atoms with van der Waals surface area (Å²) in [6.45, 7) is 15.5. The van der Waals surface area contributed by atoms with Crippen LogP contribution in [0.3, 0.4) is 0 Å².